The molecular formula is C30H46O5. The summed E-state index contributed by atoms with van der Waals surface area (Å²) in [5, 5.41) is 23.1. The average molecular weight is 487 g/mol. The molecule has 35 heavy (non-hydrogen) atoms. The van der Waals surface area contributed by atoms with Gasteiger partial charge in [-0.25, -0.2) is 0 Å². The van der Waals surface area contributed by atoms with E-state index < -0.39 is 11.9 Å². The van der Waals surface area contributed by atoms with Crippen molar-refractivity contribution in [1.29, 1.82) is 0 Å². The van der Waals surface area contributed by atoms with Crippen molar-refractivity contribution in [3.63, 3.8) is 0 Å². The molecule has 196 valence electrons. The van der Waals surface area contributed by atoms with Crippen molar-refractivity contribution in [2.45, 2.75) is 130 Å². The Morgan fingerprint density at radius 1 is 0.971 bits per heavy atom. The number of carbonyl (C=O) groups excluding carboxylic acids is 1. The van der Waals surface area contributed by atoms with E-state index in [-0.39, 0.29) is 45.4 Å². The largest absolute Gasteiger partial charge is 0.384 e. The molecule has 0 aromatic heterocycles. The summed E-state index contributed by atoms with van der Waals surface area (Å²) in [6.45, 7) is 15.7. The Bertz CT molecular complexity index is 983. The van der Waals surface area contributed by atoms with Crippen molar-refractivity contribution >= 4 is 5.78 Å². The van der Waals surface area contributed by atoms with E-state index in [1.807, 2.05) is 13.8 Å². The molecule has 2 saturated heterocycles. The van der Waals surface area contributed by atoms with Gasteiger partial charge in [0.15, 0.2) is 6.29 Å². The summed E-state index contributed by atoms with van der Waals surface area (Å²) in [6.07, 6.45) is 8.21. The molecule has 2 heterocycles. The maximum absolute atomic E-state index is 12.9. The molecule has 0 unspecified atom stereocenters. The minimum Gasteiger partial charge on any atom is -0.384 e. The van der Waals surface area contributed by atoms with Crippen LogP contribution >= 0.6 is 0 Å². The maximum Gasteiger partial charge on any atom is 0.184 e. The third-order valence-corrected chi connectivity index (χ3v) is 12.8. The van der Waals surface area contributed by atoms with Crippen molar-refractivity contribution in [2.24, 2.45) is 39.4 Å². The van der Waals surface area contributed by atoms with Crippen LogP contribution in [0.3, 0.4) is 0 Å². The molecule has 5 fully saturated rings. The molecule has 0 aromatic rings. The Kier molecular flexibility index (Phi) is 4.92. The average Bonchev–Trinajstić information content (AvgIpc) is 3.15. The number of hydrogen-bond acceptors (Lipinski definition) is 5. The second kappa shape index (κ2) is 7.01. The minimum absolute atomic E-state index is 0.0109. The third-order valence-electron chi connectivity index (χ3n) is 12.8. The van der Waals surface area contributed by atoms with Crippen LogP contribution in [0.1, 0.15) is 99.8 Å². The van der Waals surface area contributed by atoms with Gasteiger partial charge in [0, 0.05) is 18.3 Å². The molecule has 0 radical (unpaired) electrons. The SMILES string of the molecule is CC1(C)O[C@H]1[C@H]1C[C@@](O)([C@@H]2CC[C@]3(C)C4=CC[C@H]5C(C)(C)C(=O)CC[C@]5(C)[C@H]4CC[C@@]23C)[C@H](O)O1. The zero-order chi connectivity index (χ0) is 25.4. The van der Waals surface area contributed by atoms with Crippen molar-refractivity contribution in [2.75, 3.05) is 0 Å². The van der Waals surface area contributed by atoms with Crippen molar-refractivity contribution in [1.82, 2.24) is 0 Å². The van der Waals surface area contributed by atoms with Crippen molar-refractivity contribution < 1.29 is 24.5 Å². The van der Waals surface area contributed by atoms with Gasteiger partial charge in [0.2, 0.25) is 0 Å². The molecular weight excluding hydrogens is 440 g/mol. The van der Waals surface area contributed by atoms with E-state index in [0.717, 1.165) is 38.5 Å². The van der Waals surface area contributed by atoms with Gasteiger partial charge < -0.3 is 19.7 Å². The number of Topliss-reactive ketones (excluding diaryl/α,β-unsaturated/α-hetero) is 1. The second-order valence-corrected chi connectivity index (χ2v) is 14.9. The van der Waals surface area contributed by atoms with Gasteiger partial charge in [-0.3, -0.25) is 4.79 Å². The molecule has 2 N–H and O–H groups in total. The van der Waals surface area contributed by atoms with Gasteiger partial charge in [0.1, 0.15) is 17.5 Å². The Morgan fingerprint density at radius 2 is 1.66 bits per heavy atom. The van der Waals surface area contributed by atoms with Crippen molar-refractivity contribution in [3.05, 3.63) is 11.6 Å². The first-order chi connectivity index (χ1) is 16.1. The summed E-state index contributed by atoms with van der Waals surface area (Å²) in [7, 11) is 0. The zero-order valence-electron chi connectivity index (χ0n) is 22.8. The van der Waals surface area contributed by atoms with Crippen molar-refractivity contribution in [3.8, 4) is 0 Å². The Hall–Kier alpha value is -0.750. The molecule has 6 rings (SSSR count). The lowest BCUT2D eigenvalue weighted by molar-refractivity contribution is -0.208. The summed E-state index contributed by atoms with van der Waals surface area (Å²) >= 11 is 0. The monoisotopic (exact) mass is 486 g/mol. The van der Waals surface area contributed by atoms with Crippen LogP contribution in [0.25, 0.3) is 0 Å². The van der Waals surface area contributed by atoms with Crippen LogP contribution in [0.5, 0.6) is 0 Å². The first-order valence-electron chi connectivity index (χ1n) is 14.1. The number of carbonyl (C=O) groups is 1. The van der Waals surface area contributed by atoms with Crippen LogP contribution in [-0.4, -0.2) is 45.7 Å². The van der Waals surface area contributed by atoms with E-state index in [1.54, 1.807) is 5.57 Å². The molecule has 5 nitrogen and oxygen atoms in total. The normalized spacial score (nSPS) is 56.1. The van der Waals surface area contributed by atoms with Gasteiger partial charge >= 0.3 is 0 Å². The molecule has 0 aromatic carbocycles. The highest BCUT2D eigenvalue weighted by atomic mass is 16.7. The number of fused-ring (bicyclic) bond motifs is 5. The number of epoxide rings is 1. The van der Waals surface area contributed by atoms with E-state index in [2.05, 4.69) is 40.7 Å². The van der Waals surface area contributed by atoms with E-state index in [1.165, 1.54) is 0 Å². The van der Waals surface area contributed by atoms with Crippen LogP contribution in [0, 0.1) is 39.4 Å². The number of ether oxygens (including phenoxy) is 2. The van der Waals surface area contributed by atoms with E-state index in [9.17, 15) is 15.0 Å². The molecule has 10 atom stereocenters. The fourth-order valence-electron chi connectivity index (χ4n) is 10.4. The molecule has 0 spiro atoms. The highest BCUT2D eigenvalue weighted by Gasteiger charge is 2.71. The standard InChI is InChI=1S/C30H46O5/c1-25(2)20-9-8-18-17(27(20,5)13-12-22(25)31)10-14-29(7)21(11-15-28(18,29)6)30(33)16-19(34-24(30)32)23-26(3,4)35-23/h8,17,19-21,23-24,32-33H,9-16H2,1-7H3/t17-,19+,20-,21+,23-,24+,27+,28+,29-,30+/m0/s1. The van der Waals surface area contributed by atoms with Gasteiger partial charge in [0.25, 0.3) is 0 Å². The summed E-state index contributed by atoms with van der Waals surface area (Å²) in [6, 6.07) is 0. The molecule has 4 aliphatic carbocycles. The number of aliphatic hydroxyl groups excluding tert-OH is 1. The number of ketones is 1. The first-order valence-corrected chi connectivity index (χ1v) is 14.1. The lowest BCUT2D eigenvalue weighted by atomic mass is 9.41. The molecule has 6 aliphatic rings. The highest BCUT2D eigenvalue weighted by molar-refractivity contribution is 5.85. The Morgan fingerprint density at radius 3 is 2.31 bits per heavy atom. The molecule has 0 amide bonds. The van der Waals surface area contributed by atoms with E-state index in [4.69, 9.17) is 9.47 Å². The summed E-state index contributed by atoms with van der Waals surface area (Å²) in [5.74, 6) is 1.31. The fourth-order valence-corrected chi connectivity index (χ4v) is 10.4. The van der Waals surface area contributed by atoms with Gasteiger partial charge in [-0.2, -0.15) is 0 Å². The lowest BCUT2D eigenvalue weighted by Crippen LogP contribution is -2.59. The summed E-state index contributed by atoms with van der Waals surface area (Å²) in [4.78, 5) is 12.9. The van der Waals surface area contributed by atoms with Gasteiger partial charge in [0.05, 0.1) is 11.7 Å². The van der Waals surface area contributed by atoms with Crippen LogP contribution in [0.2, 0.25) is 0 Å². The Labute approximate surface area is 211 Å². The van der Waals surface area contributed by atoms with Gasteiger partial charge in [-0.05, 0) is 86.4 Å². The fraction of sp³-hybridized carbons (Fsp3) is 0.900. The molecule has 2 aliphatic heterocycles. The van der Waals surface area contributed by atoms with Gasteiger partial charge in [-0.1, -0.05) is 46.3 Å². The van der Waals surface area contributed by atoms with Crippen LogP contribution in [0.15, 0.2) is 11.6 Å². The first kappa shape index (κ1) is 24.6. The number of allylic oxidation sites excluding steroid dienone is 2. The smallest absolute Gasteiger partial charge is 0.184 e. The number of hydrogen-bond donors (Lipinski definition) is 2. The minimum atomic E-state index is -1.24. The number of rotatable bonds is 2. The third kappa shape index (κ3) is 2.93. The van der Waals surface area contributed by atoms with Gasteiger partial charge in [-0.15, -0.1) is 0 Å². The molecule has 5 heteroatoms. The van der Waals surface area contributed by atoms with Crippen LogP contribution < -0.4 is 0 Å². The molecule has 0 bridgehead atoms. The van der Waals surface area contributed by atoms with Crippen LogP contribution in [-0.2, 0) is 14.3 Å². The van der Waals surface area contributed by atoms with Crippen LogP contribution in [0.4, 0.5) is 0 Å². The summed E-state index contributed by atoms with van der Waals surface area (Å²) < 4.78 is 11.8. The summed E-state index contributed by atoms with van der Waals surface area (Å²) in [5.41, 5.74) is -0.129. The quantitative estimate of drug-likeness (QED) is 0.415. The highest BCUT2D eigenvalue weighted by Crippen LogP contribution is 2.74. The number of aliphatic hydroxyl groups is 2. The maximum atomic E-state index is 12.9. The topological polar surface area (TPSA) is 79.3 Å². The predicted octanol–water partition coefficient (Wildman–Crippen LogP) is 5.18. The lowest BCUT2D eigenvalue weighted by Gasteiger charge is -2.63. The zero-order valence-corrected chi connectivity index (χ0v) is 22.8. The van der Waals surface area contributed by atoms with E-state index >= 15 is 0 Å². The van der Waals surface area contributed by atoms with E-state index in [0.29, 0.717) is 30.5 Å². The second-order valence-electron chi connectivity index (χ2n) is 14.9. The Balaban J connectivity index is 1.33. The molecule has 3 saturated carbocycles. The predicted molar refractivity (Wildman–Crippen MR) is 133 cm³/mol.